The van der Waals surface area contributed by atoms with Gasteiger partial charge in [0.15, 0.2) is 0 Å². The van der Waals surface area contributed by atoms with Crippen molar-refractivity contribution >= 4 is 11.6 Å². The Morgan fingerprint density at radius 3 is 2.50 bits per heavy atom. The van der Waals surface area contributed by atoms with Crippen molar-refractivity contribution in [1.82, 2.24) is 5.32 Å². The second-order valence-electron chi connectivity index (χ2n) is 4.36. The molecule has 2 N–H and O–H groups in total. The van der Waals surface area contributed by atoms with Gasteiger partial charge in [0.1, 0.15) is 5.75 Å². The average molecular weight is 262 g/mol. The molecule has 0 aliphatic carbocycles. The molecule has 2 nitrogen and oxygen atoms in total. The van der Waals surface area contributed by atoms with E-state index >= 15 is 0 Å². The third kappa shape index (κ3) is 3.49. The van der Waals surface area contributed by atoms with Gasteiger partial charge in [0.2, 0.25) is 0 Å². The Morgan fingerprint density at radius 2 is 1.78 bits per heavy atom. The molecule has 0 aliphatic heterocycles. The van der Waals surface area contributed by atoms with Crippen LogP contribution in [0.1, 0.15) is 16.7 Å². The lowest BCUT2D eigenvalue weighted by Gasteiger charge is -2.08. The highest BCUT2D eigenvalue weighted by Gasteiger charge is 2.01. The van der Waals surface area contributed by atoms with Crippen LogP contribution in [0.2, 0.25) is 5.02 Å². The summed E-state index contributed by atoms with van der Waals surface area (Å²) in [5, 5.41) is 13.8. The molecule has 0 heterocycles. The predicted molar refractivity (Wildman–Crippen MR) is 74.8 cm³/mol. The van der Waals surface area contributed by atoms with E-state index in [1.54, 1.807) is 6.07 Å². The molecule has 0 amide bonds. The van der Waals surface area contributed by atoms with E-state index in [1.165, 1.54) is 5.56 Å². The molecule has 94 valence electrons. The van der Waals surface area contributed by atoms with Crippen molar-refractivity contribution in [2.75, 3.05) is 0 Å². The van der Waals surface area contributed by atoms with E-state index in [0.29, 0.717) is 12.3 Å². The molecular weight excluding hydrogens is 246 g/mol. The monoisotopic (exact) mass is 261 g/mol. The molecule has 18 heavy (non-hydrogen) atoms. The van der Waals surface area contributed by atoms with Gasteiger partial charge in [-0.1, -0.05) is 41.4 Å². The number of aromatic hydroxyl groups is 1. The Bertz CT molecular complexity index is 523. The van der Waals surface area contributed by atoms with Gasteiger partial charge in [0, 0.05) is 23.7 Å². The standard InChI is InChI=1S/C15H16ClNO/c1-11-2-7-15(18)13(8-11)10-17-9-12-3-5-14(16)6-4-12/h2-8,17-18H,9-10H2,1H3. The van der Waals surface area contributed by atoms with Crippen molar-refractivity contribution in [2.24, 2.45) is 0 Å². The van der Waals surface area contributed by atoms with Crippen molar-refractivity contribution in [3.8, 4) is 5.75 Å². The third-order valence-corrected chi connectivity index (χ3v) is 3.04. The van der Waals surface area contributed by atoms with Crippen LogP contribution < -0.4 is 5.32 Å². The van der Waals surface area contributed by atoms with Gasteiger partial charge in [-0.2, -0.15) is 0 Å². The Morgan fingerprint density at radius 1 is 1.06 bits per heavy atom. The molecule has 0 saturated carbocycles. The lowest BCUT2D eigenvalue weighted by atomic mass is 10.1. The van der Waals surface area contributed by atoms with E-state index < -0.39 is 0 Å². The summed E-state index contributed by atoms with van der Waals surface area (Å²) in [4.78, 5) is 0. The van der Waals surface area contributed by atoms with Crippen LogP contribution in [-0.4, -0.2) is 5.11 Å². The predicted octanol–water partition coefficient (Wildman–Crippen LogP) is 3.64. The highest BCUT2D eigenvalue weighted by molar-refractivity contribution is 6.30. The lowest BCUT2D eigenvalue weighted by Crippen LogP contribution is -2.12. The Labute approximate surface area is 112 Å². The van der Waals surface area contributed by atoms with Gasteiger partial charge in [-0.05, 0) is 30.7 Å². The molecule has 0 aliphatic rings. The molecular formula is C15H16ClNO. The number of benzene rings is 2. The molecule has 0 aromatic heterocycles. The first-order chi connectivity index (χ1) is 8.65. The van der Waals surface area contributed by atoms with Crippen molar-refractivity contribution < 1.29 is 5.11 Å². The number of phenols is 1. The molecule has 0 radical (unpaired) electrons. The minimum absolute atomic E-state index is 0.337. The Hall–Kier alpha value is -1.51. The SMILES string of the molecule is Cc1ccc(O)c(CNCc2ccc(Cl)cc2)c1. The summed E-state index contributed by atoms with van der Waals surface area (Å²) >= 11 is 5.83. The number of phenolic OH excluding ortho intramolecular Hbond substituents is 1. The molecule has 0 unspecified atom stereocenters. The second kappa shape index (κ2) is 5.89. The molecule has 3 heteroatoms. The zero-order valence-electron chi connectivity index (χ0n) is 10.3. The van der Waals surface area contributed by atoms with Gasteiger partial charge in [-0.3, -0.25) is 0 Å². The first kappa shape index (κ1) is 12.9. The summed E-state index contributed by atoms with van der Waals surface area (Å²) in [6.07, 6.45) is 0. The maximum atomic E-state index is 9.71. The number of hydrogen-bond donors (Lipinski definition) is 2. The zero-order valence-corrected chi connectivity index (χ0v) is 11.0. The van der Waals surface area contributed by atoms with Crippen molar-refractivity contribution in [3.63, 3.8) is 0 Å². The first-order valence-corrected chi connectivity index (χ1v) is 6.26. The maximum Gasteiger partial charge on any atom is 0.120 e. The van der Waals surface area contributed by atoms with Crippen molar-refractivity contribution in [1.29, 1.82) is 0 Å². The van der Waals surface area contributed by atoms with Crippen LogP contribution in [0.15, 0.2) is 42.5 Å². The first-order valence-electron chi connectivity index (χ1n) is 5.89. The van der Waals surface area contributed by atoms with Crippen LogP contribution in [0, 0.1) is 6.92 Å². The van der Waals surface area contributed by atoms with Gasteiger partial charge >= 0.3 is 0 Å². The number of halogens is 1. The number of nitrogens with one attached hydrogen (secondary N) is 1. The summed E-state index contributed by atoms with van der Waals surface area (Å²) in [6.45, 7) is 3.42. The fourth-order valence-electron chi connectivity index (χ4n) is 1.80. The van der Waals surface area contributed by atoms with Gasteiger partial charge in [0.25, 0.3) is 0 Å². The minimum atomic E-state index is 0.337. The van der Waals surface area contributed by atoms with Gasteiger partial charge in [-0.25, -0.2) is 0 Å². The van der Waals surface area contributed by atoms with Gasteiger partial charge in [0.05, 0.1) is 0 Å². The van der Waals surface area contributed by atoms with Gasteiger partial charge in [-0.15, -0.1) is 0 Å². The normalized spacial score (nSPS) is 10.6. The topological polar surface area (TPSA) is 32.3 Å². The van der Waals surface area contributed by atoms with Crippen molar-refractivity contribution in [3.05, 3.63) is 64.2 Å². The molecule has 0 bridgehead atoms. The Kier molecular flexibility index (Phi) is 4.24. The molecule has 2 aromatic rings. The van der Waals surface area contributed by atoms with E-state index in [4.69, 9.17) is 11.6 Å². The van der Waals surface area contributed by atoms with E-state index in [2.05, 4.69) is 5.32 Å². The largest absolute Gasteiger partial charge is 0.508 e. The highest BCUT2D eigenvalue weighted by atomic mass is 35.5. The summed E-state index contributed by atoms with van der Waals surface area (Å²) < 4.78 is 0. The average Bonchev–Trinajstić information content (AvgIpc) is 2.36. The van der Waals surface area contributed by atoms with Crippen LogP contribution >= 0.6 is 11.6 Å². The second-order valence-corrected chi connectivity index (χ2v) is 4.80. The number of hydrogen-bond acceptors (Lipinski definition) is 2. The van der Waals surface area contributed by atoms with Crippen LogP contribution in [-0.2, 0) is 13.1 Å². The summed E-state index contributed by atoms with van der Waals surface area (Å²) in [7, 11) is 0. The quantitative estimate of drug-likeness (QED) is 0.881. The van der Waals surface area contributed by atoms with Crippen LogP contribution in [0.4, 0.5) is 0 Å². The third-order valence-electron chi connectivity index (χ3n) is 2.79. The minimum Gasteiger partial charge on any atom is -0.508 e. The molecule has 0 spiro atoms. The van der Waals surface area contributed by atoms with E-state index in [9.17, 15) is 5.11 Å². The van der Waals surface area contributed by atoms with Crippen LogP contribution in [0.5, 0.6) is 5.75 Å². The Balaban J connectivity index is 1.92. The van der Waals surface area contributed by atoms with Crippen LogP contribution in [0.25, 0.3) is 0 Å². The fourth-order valence-corrected chi connectivity index (χ4v) is 1.93. The fraction of sp³-hybridized carbons (Fsp3) is 0.200. The number of rotatable bonds is 4. The highest BCUT2D eigenvalue weighted by Crippen LogP contribution is 2.18. The zero-order chi connectivity index (χ0) is 13.0. The lowest BCUT2D eigenvalue weighted by molar-refractivity contribution is 0.464. The van der Waals surface area contributed by atoms with E-state index in [1.807, 2.05) is 43.3 Å². The van der Waals surface area contributed by atoms with Gasteiger partial charge < -0.3 is 10.4 Å². The molecule has 0 atom stereocenters. The summed E-state index contributed by atoms with van der Waals surface area (Å²) in [5.74, 6) is 0.337. The van der Waals surface area contributed by atoms with Crippen LogP contribution in [0.3, 0.4) is 0 Å². The summed E-state index contributed by atoms with van der Waals surface area (Å²) in [5.41, 5.74) is 3.24. The molecule has 2 aromatic carbocycles. The van der Waals surface area contributed by atoms with E-state index in [-0.39, 0.29) is 0 Å². The molecule has 0 saturated heterocycles. The molecule has 2 rings (SSSR count). The van der Waals surface area contributed by atoms with E-state index in [0.717, 1.165) is 22.7 Å². The number of aryl methyl sites for hydroxylation is 1. The van der Waals surface area contributed by atoms with Crippen molar-refractivity contribution in [2.45, 2.75) is 20.0 Å². The smallest absolute Gasteiger partial charge is 0.120 e. The molecule has 0 fully saturated rings. The summed E-state index contributed by atoms with van der Waals surface area (Å²) in [6, 6.07) is 13.4. The maximum absolute atomic E-state index is 9.71.